The van der Waals surface area contributed by atoms with Crippen LogP contribution < -0.4 is 0 Å². The van der Waals surface area contributed by atoms with Gasteiger partial charge in [-0.15, -0.1) is 0 Å². The van der Waals surface area contributed by atoms with E-state index < -0.39 is 12.2 Å². The van der Waals surface area contributed by atoms with Crippen LogP contribution in [-0.4, -0.2) is 58.5 Å². The Morgan fingerprint density at radius 2 is 1.69 bits per heavy atom. The summed E-state index contributed by atoms with van der Waals surface area (Å²) in [5.41, 5.74) is 1.99. The number of nitrogens with zero attached hydrogens (tertiary/aromatic N) is 4. The molecule has 3 amide bonds. The minimum Gasteiger partial charge on any atom is -0.423 e. The molecule has 1 saturated heterocycles. The zero-order chi connectivity index (χ0) is 20.0. The maximum absolute atomic E-state index is 13.2. The highest BCUT2D eigenvalue weighted by Crippen LogP contribution is 2.35. The van der Waals surface area contributed by atoms with Crippen LogP contribution in [-0.2, 0) is 16.0 Å². The van der Waals surface area contributed by atoms with E-state index in [1.807, 2.05) is 60.7 Å². The second kappa shape index (κ2) is 6.77. The lowest BCUT2D eigenvalue weighted by Gasteiger charge is -2.39. The van der Waals surface area contributed by atoms with Gasteiger partial charge in [0, 0.05) is 19.2 Å². The van der Waals surface area contributed by atoms with Gasteiger partial charge in [-0.2, -0.15) is 0 Å². The Morgan fingerprint density at radius 1 is 1.00 bits per heavy atom. The minimum absolute atomic E-state index is 0.248. The SMILES string of the molecule is CN1C(=O)N(CCc2ccccc2)C(=O)C2C1N=C1OC(c3ccccc3)=CN12. The summed E-state index contributed by atoms with van der Waals surface area (Å²) in [6.07, 6.45) is 1.83. The molecule has 0 aliphatic carbocycles. The molecule has 7 nitrogen and oxygen atoms in total. The van der Waals surface area contributed by atoms with E-state index >= 15 is 0 Å². The number of fused-ring (bicyclic) bond motifs is 3. The van der Waals surface area contributed by atoms with Gasteiger partial charge in [-0.1, -0.05) is 60.7 Å². The topological polar surface area (TPSA) is 65.5 Å². The van der Waals surface area contributed by atoms with Crippen molar-refractivity contribution in [1.29, 1.82) is 0 Å². The molecule has 2 aromatic carbocycles. The Hall–Kier alpha value is -3.61. The van der Waals surface area contributed by atoms with Gasteiger partial charge in [0.15, 0.2) is 18.0 Å². The number of aliphatic imine (C=N–C) groups is 1. The molecule has 2 atom stereocenters. The van der Waals surface area contributed by atoms with E-state index in [1.165, 1.54) is 9.80 Å². The normalized spacial score (nSPS) is 22.9. The van der Waals surface area contributed by atoms with E-state index in [-0.39, 0.29) is 11.9 Å². The van der Waals surface area contributed by atoms with Gasteiger partial charge in [0.2, 0.25) is 0 Å². The quantitative estimate of drug-likeness (QED) is 0.807. The zero-order valence-corrected chi connectivity index (χ0v) is 15.9. The molecule has 0 saturated carbocycles. The smallest absolute Gasteiger partial charge is 0.328 e. The number of likely N-dealkylation sites (N-methyl/N-ethyl adjacent to an activating group) is 1. The van der Waals surface area contributed by atoms with Crippen LogP contribution in [0, 0.1) is 0 Å². The highest BCUT2D eigenvalue weighted by atomic mass is 16.5. The molecule has 3 aliphatic heterocycles. The van der Waals surface area contributed by atoms with Crippen LogP contribution >= 0.6 is 0 Å². The molecule has 0 N–H and O–H groups in total. The number of hydrogen-bond acceptors (Lipinski definition) is 5. The lowest BCUT2D eigenvalue weighted by Crippen LogP contribution is -2.64. The summed E-state index contributed by atoms with van der Waals surface area (Å²) in [5.74, 6) is 0.396. The van der Waals surface area contributed by atoms with Gasteiger partial charge in [-0.05, 0) is 12.0 Å². The van der Waals surface area contributed by atoms with E-state index in [9.17, 15) is 9.59 Å². The van der Waals surface area contributed by atoms with Crippen molar-refractivity contribution in [2.75, 3.05) is 13.6 Å². The number of imide groups is 1. The third-order valence-corrected chi connectivity index (χ3v) is 5.48. The van der Waals surface area contributed by atoms with Crippen molar-refractivity contribution in [3.63, 3.8) is 0 Å². The molecular weight excluding hydrogens is 368 g/mol. The van der Waals surface area contributed by atoms with Gasteiger partial charge >= 0.3 is 6.03 Å². The number of hydrogen-bond donors (Lipinski definition) is 0. The zero-order valence-electron chi connectivity index (χ0n) is 15.9. The fraction of sp³-hybridized carbons (Fsp3) is 0.227. The molecule has 29 heavy (non-hydrogen) atoms. The lowest BCUT2D eigenvalue weighted by atomic mass is 10.1. The van der Waals surface area contributed by atoms with Crippen LogP contribution in [0.2, 0.25) is 0 Å². The maximum Gasteiger partial charge on any atom is 0.328 e. The second-order valence-corrected chi connectivity index (χ2v) is 7.26. The Bertz CT molecular complexity index is 1020. The second-order valence-electron chi connectivity index (χ2n) is 7.26. The largest absolute Gasteiger partial charge is 0.423 e. The third-order valence-electron chi connectivity index (χ3n) is 5.48. The first-order valence-electron chi connectivity index (χ1n) is 9.57. The van der Waals surface area contributed by atoms with Gasteiger partial charge in [-0.3, -0.25) is 14.6 Å². The number of ether oxygens (including phenoxy) is 1. The Balaban J connectivity index is 1.39. The van der Waals surface area contributed by atoms with E-state index in [2.05, 4.69) is 4.99 Å². The molecule has 3 aliphatic rings. The van der Waals surface area contributed by atoms with E-state index in [0.717, 1.165) is 11.1 Å². The van der Waals surface area contributed by atoms with Crippen LogP contribution in [0.15, 0.2) is 71.9 Å². The van der Waals surface area contributed by atoms with Gasteiger partial charge in [-0.25, -0.2) is 9.79 Å². The first-order chi connectivity index (χ1) is 14.1. The average Bonchev–Trinajstić information content (AvgIpc) is 3.32. The molecule has 146 valence electrons. The van der Waals surface area contributed by atoms with Crippen molar-refractivity contribution in [1.82, 2.24) is 14.7 Å². The Morgan fingerprint density at radius 3 is 2.41 bits per heavy atom. The number of carbonyl (C=O) groups is 2. The fourth-order valence-corrected chi connectivity index (χ4v) is 3.91. The first-order valence-corrected chi connectivity index (χ1v) is 9.57. The molecule has 0 bridgehead atoms. The monoisotopic (exact) mass is 388 g/mol. The molecule has 1 fully saturated rings. The summed E-state index contributed by atoms with van der Waals surface area (Å²) in [5, 5.41) is 0. The predicted octanol–water partition coefficient (Wildman–Crippen LogP) is 2.52. The molecule has 2 unspecified atom stereocenters. The molecule has 0 radical (unpaired) electrons. The third kappa shape index (κ3) is 2.86. The van der Waals surface area contributed by atoms with E-state index in [0.29, 0.717) is 24.7 Å². The maximum atomic E-state index is 13.2. The van der Waals surface area contributed by atoms with Crippen LogP contribution in [0.1, 0.15) is 11.1 Å². The first kappa shape index (κ1) is 17.5. The van der Waals surface area contributed by atoms with Crippen molar-refractivity contribution >= 4 is 23.7 Å². The van der Waals surface area contributed by atoms with Crippen LogP contribution in [0.4, 0.5) is 4.79 Å². The molecule has 2 aromatic rings. The Labute approximate surface area is 168 Å². The summed E-state index contributed by atoms with van der Waals surface area (Å²) >= 11 is 0. The van der Waals surface area contributed by atoms with Crippen molar-refractivity contribution in [3.8, 4) is 0 Å². The lowest BCUT2D eigenvalue weighted by molar-refractivity contribution is -0.136. The van der Waals surface area contributed by atoms with Crippen LogP contribution in [0.25, 0.3) is 5.76 Å². The number of amides is 3. The van der Waals surface area contributed by atoms with Gasteiger partial charge in [0.1, 0.15) is 0 Å². The average molecular weight is 388 g/mol. The molecule has 0 aromatic heterocycles. The number of benzene rings is 2. The van der Waals surface area contributed by atoms with Crippen molar-refractivity contribution in [3.05, 3.63) is 78.0 Å². The van der Waals surface area contributed by atoms with Crippen LogP contribution in [0.5, 0.6) is 0 Å². The van der Waals surface area contributed by atoms with Crippen molar-refractivity contribution in [2.45, 2.75) is 18.6 Å². The number of urea groups is 1. The molecule has 5 rings (SSSR count). The summed E-state index contributed by atoms with van der Waals surface area (Å²) < 4.78 is 5.89. The molecule has 7 heteroatoms. The number of amidine groups is 1. The molecular formula is C22H20N4O3. The van der Waals surface area contributed by atoms with Gasteiger partial charge < -0.3 is 9.64 Å². The minimum atomic E-state index is -0.607. The fourth-order valence-electron chi connectivity index (χ4n) is 3.91. The molecule has 0 spiro atoms. The van der Waals surface area contributed by atoms with Crippen molar-refractivity contribution < 1.29 is 14.3 Å². The highest BCUT2D eigenvalue weighted by Gasteiger charge is 2.53. The van der Waals surface area contributed by atoms with Crippen molar-refractivity contribution in [2.24, 2.45) is 4.99 Å². The van der Waals surface area contributed by atoms with Gasteiger partial charge in [0.25, 0.3) is 11.9 Å². The van der Waals surface area contributed by atoms with Gasteiger partial charge in [0.05, 0.1) is 6.20 Å². The summed E-state index contributed by atoms with van der Waals surface area (Å²) in [6.45, 7) is 0.328. The summed E-state index contributed by atoms with van der Waals surface area (Å²) in [6, 6.07) is 18.9. The molecule has 3 heterocycles. The number of carbonyl (C=O) groups excluding carboxylic acids is 2. The summed E-state index contributed by atoms with van der Waals surface area (Å²) in [4.78, 5) is 35.1. The number of rotatable bonds is 4. The summed E-state index contributed by atoms with van der Waals surface area (Å²) in [7, 11) is 1.68. The highest BCUT2D eigenvalue weighted by molar-refractivity contribution is 6.04. The van der Waals surface area contributed by atoms with E-state index in [4.69, 9.17) is 4.74 Å². The predicted molar refractivity (Wildman–Crippen MR) is 107 cm³/mol. The Kier molecular flexibility index (Phi) is 4.08. The van der Waals surface area contributed by atoms with Crippen LogP contribution in [0.3, 0.4) is 0 Å². The standard InChI is InChI=1S/C22H20N4O3/c1-24-19-18(20(27)25(22(24)28)13-12-15-8-4-2-5-9-15)26-14-17(29-21(26)23-19)16-10-6-3-7-11-16/h2-11,14,18-19H,12-13H2,1H3. The van der Waals surface area contributed by atoms with E-state index in [1.54, 1.807) is 18.1 Å².